The van der Waals surface area contributed by atoms with Crippen LogP contribution in [0.25, 0.3) is 0 Å². The van der Waals surface area contributed by atoms with Gasteiger partial charge in [0, 0.05) is 25.2 Å². The molecule has 0 amide bonds. The molecule has 1 aromatic rings. The summed E-state index contributed by atoms with van der Waals surface area (Å²) >= 11 is 2.89. The number of hydrogen-bond acceptors (Lipinski definition) is 3. The molecule has 0 spiro atoms. The highest BCUT2D eigenvalue weighted by molar-refractivity contribution is 9.10. The first-order chi connectivity index (χ1) is 9.36. The van der Waals surface area contributed by atoms with Gasteiger partial charge < -0.3 is 5.32 Å². The minimum Gasteiger partial charge on any atom is -0.316 e. The van der Waals surface area contributed by atoms with Gasteiger partial charge in [0.05, 0.1) is 4.47 Å². The monoisotopic (exact) mass is 404 g/mol. The highest BCUT2D eigenvalue weighted by atomic mass is 79.9. The van der Waals surface area contributed by atoms with E-state index in [0.29, 0.717) is 19.0 Å². The molecule has 1 atom stereocenters. The summed E-state index contributed by atoms with van der Waals surface area (Å²) in [4.78, 5) is -0.498. The minimum atomic E-state index is -3.95. The lowest BCUT2D eigenvalue weighted by Crippen LogP contribution is -2.47. The number of hydrogen-bond donors (Lipinski definition) is 1. The molecule has 1 aliphatic heterocycles. The van der Waals surface area contributed by atoms with E-state index in [4.69, 9.17) is 0 Å². The van der Waals surface area contributed by atoms with Crippen molar-refractivity contribution in [3.05, 3.63) is 28.2 Å². The molecule has 2 rings (SSSR count). The molecular formula is C12H16BrClF2N2O2S. The lowest BCUT2D eigenvalue weighted by atomic mass is 10.1. The van der Waals surface area contributed by atoms with Crippen molar-refractivity contribution in [1.29, 1.82) is 0 Å². The maximum Gasteiger partial charge on any atom is 0.246 e. The Kier molecular flexibility index (Phi) is 6.54. The van der Waals surface area contributed by atoms with E-state index >= 15 is 0 Å². The van der Waals surface area contributed by atoms with Gasteiger partial charge in [0.25, 0.3) is 0 Å². The quantitative estimate of drug-likeness (QED) is 0.786. The van der Waals surface area contributed by atoms with Gasteiger partial charge in [-0.25, -0.2) is 17.2 Å². The first kappa shape index (κ1) is 18.8. The van der Waals surface area contributed by atoms with Crippen molar-refractivity contribution in [3.63, 3.8) is 0 Å². The molecule has 0 saturated carbocycles. The van der Waals surface area contributed by atoms with Crippen LogP contribution in [0, 0.1) is 11.6 Å². The highest BCUT2D eigenvalue weighted by Gasteiger charge is 2.32. The molecular weight excluding hydrogens is 390 g/mol. The number of nitrogens with one attached hydrogen (secondary N) is 1. The van der Waals surface area contributed by atoms with E-state index in [-0.39, 0.29) is 29.5 Å². The maximum absolute atomic E-state index is 13.8. The molecule has 1 aliphatic rings. The Morgan fingerprint density at radius 1 is 1.33 bits per heavy atom. The molecule has 0 aromatic heterocycles. The van der Waals surface area contributed by atoms with Crippen LogP contribution in [0.4, 0.5) is 8.78 Å². The zero-order chi connectivity index (χ0) is 14.9. The van der Waals surface area contributed by atoms with Gasteiger partial charge in [-0.15, -0.1) is 12.4 Å². The number of rotatable bonds is 3. The van der Waals surface area contributed by atoms with Crippen molar-refractivity contribution >= 4 is 38.4 Å². The zero-order valence-electron chi connectivity index (χ0n) is 11.3. The van der Waals surface area contributed by atoms with Crippen LogP contribution in [-0.4, -0.2) is 38.9 Å². The number of sulfonamides is 1. The molecule has 0 aliphatic carbocycles. The van der Waals surface area contributed by atoms with Crippen LogP contribution in [0.2, 0.25) is 0 Å². The number of nitrogens with zero attached hydrogens (tertiary/aromatic N) is 1. The molecule has 0 radical (unpaired) electrons. The molecule has 9 heteroatoms. The Bertz CT molecular complexity index is 616. The van der Waals surface area contributed by atoms with Gasteiger partial charge in [-0.2, -0.15) is 4.31 Å². The molecule has 4 nitrogen and oxygen atoms in total. The van der Waals surface area contributed by atoms with Crippen molar-refractivity contribution in [1.82, 2.24) is 9.62 Å². The Hall–Kier alpha value is -0.280. The fourth-order valence-corrected chi connectivity index (χ4v) is 4.33. The van der Waals surface area contributed by atoms with E-state index in [9.17, 15) is 17.2 Å². The minimum absolute atomic E-state index is 0. The Morgan fingerprint density at radius 3 is 2.62 bits per heavy atom. The third-order valence-electron chi connectivity index (χ3n) is 3.39. The van der Waals surface area contributed by atoms with Crippen molar-refractivity contribution in [3.8, 4) is 0 Å². The molecule has 0 bridgehead atoms. The average Bonchev–Trinajstić information content (AvgIpc) is 2.42. The summed E-state index contributed by atoms with van der Waals surface area (Å²) < 4.78 is 53.0. The Labute approximate surface area is 137 Å². The topological polar surface area (TPSA) is 49.4 Å². The lowest BCUT2D eigenvalue weighted by Gasteiger charge is -2.31. The van der Waals surface area contributed by atoms with Gasteiger partial charge in [0.1, 0.15) is 16.5 Å². The highest BCUT2D eigenvalue weighted by Crippen LogP contribution is 2.27. The smallest absolute Gasteiger partial charge is 0.246 e. The fourth-order valence-electron chi connectivity index (χ4n) is 2.24. The average molecular weight is 406 g/mol. The SMILES string of the molecule is CNC1CCCN(S(=O)(=O)c2cc(Br)c(F)cc2F)C1.Cl. The van der Waals surface area contributed by atoms with Gasteiger partial charge in [0.2, 0.25) is 10.0 Å². The van der Waals surface area contributed by atoms with E-state index in [1.807, 2.05) is 0 Å². The van der Waals surface area contributed by atoms with Gasteiger partial charge in [-0.1, -0.05) is 0 Å². The van der Waals surface area contributed by atoms with Gasteiger partial charge in [-0.05, 0) is 41.9 Å². The van der Waals surface area contributed by atoms with E-state index in [1.165, 1.54) is 4.31 Å². The summed E-state index contributed by atoms with van der Waals surface area (Å²) in [6.45, 7) is 0.627. The van der Waals surface area contributed by atoms with Gasteiger partial charge in [-0.3, -0.25) is 0 Å². The third-order valence-corrected chi connectivity index (χ3v) is 5.87. The van der Waals surface area contributed by atoms with Crippen LogP contribution in [0.3, 0.4) is 0 Å². The number of halogens is 4. The van der Waals surface area contributed by atoms with E-state index in [1.54, 1.807) is 7.05 Å². The molecule has 1 unspecified atom stereocenters. The van der Waals surface area contributed by atoms with E-state index in [0.717, 1.165) is 12.5 Å². The van der Waals surface area contributed by atoms with Crippen LogP contribution in [0.15, 0.2) is 21.5 Å². The maximum atomic E-state index is 13.8. The predicted octanol–water partition coefficient (Wildman–Crippen LogP) is 2.52. The number of piperidine rings is 1. The lowest BCUT2D eigenvalue weighted by molar-refractivity contribution is 0.292. The van der Waals surface area contributed by atoms with Crippen molar-refractivity contribution < 1.29 is 17.2 Å². The van der Waals surface area contributed by atoms with Crippen LogP contribution in [-0.2, 0) is 10.0 Å². The predicted molar refractivity (Wildman–Crippen MR) is 82.1 cm³/mol. The van der Waals surface area contributed by atoms with Crippen molar-refractivity contribution in [2.24, 2.45) is 0 Å². The molecule has 1 aromatic carbocycles. The molecule has 120 valence electrons. The normalized spacial score (nSPS) is 20.1. The summed E-state index contributed by atoms with van der Waals surface area (Å²) in [6.07, 6.45) is 1.58. The van der Waals surface area contributed by atoms with Crippen molar-refractivity contribution in [2.45, 2.75) is 23.8 Å². The first-order valence-electron chi connectivity index (χ1n) is 6.18. The summed E-state index contributed by atoms with van der Waals surface area (Å²) in [5.74, 6) is -1.90. The molecule has 21 heavy (non-hydrogen) atoms. The largest absolute Gasteiger partial charge is 0.316 e. The van der Waals surface area contributed by atoms with Crippen LogP contribution in [0.1, 0.15) is 12.8 Å². The van der Waals surface area contributed by atoms with Gasteiger partial charge >= 0.3 is 0 Å². The summed E-state index contributed by atoms with van der Waals surface area (Å²) in [5, 5.41) is 3.02. The molecule has 1 saturated heterocycles. The van der Waals surface area contributed by atoms with Gasteiger partial charge in [0.15, 0.2) is 0 Å². The third kappa shape index (κ3) is 3.92. The summed E-state index contributed by atoms with van der Waals surface area (Å²) in [6, 6.07) is 1.60. The summed E-state index contributed by atoms with van der Waals surface area (Å²) in [7, 11) is -2.19. The fraction of sp³-hybridized carbons (Fsp3) is 0.500. The standard InChI is InChI=1S/C12H15BrF2N2O2S.ClH/c1-16-8-3-2-4-17(7-8)20(18,19)12-5-9(13)10(14)6-11(12)15;/h5-6,8,16H,2-4,7H2,1H3;1H. The second kappa shape index (κ2) is 7.32. The first-order valence-corrected chi connectivity index (χ1v) is 8.41. The molecule has 1 heterocycles. The van der Waals surface area contributed by atoms with Crippen molar-refractivity contribution in [2.75, 3.05) is 20.1 Å². The molecule has 1 N–H and O–H groups in total. The summed E-state index contributed by atoms with van der Waals surface area (Å²) in [5.41, 5.74) is 0. The second-order valence-electron chi connectivity index (χ2n) is 4.69. The Balaban J connectivity index is 0.00000220. The number of likely N-dealkylation sites (N-methyl/N-ethyl adjacent to an activating group) is 1. The van der Waals surface area contributed by atoms with Crippen LogP contribution in [0.5, 0.6) is 0 Å². The number of benzene rings is 1. The Morgan fingerprint density at radius 2 is 2.00 bits per heavy atom. The van der Waals surface area contributed by atoms with Crippen LogP contribution < -0.4 is 5.32 Å². The second-order valence-corrected chi connectivity index (χ2v) is 7.45. The zero-order valence-corrected chi connectivity index (χ0v) is 14.5. The van der Waals surface area contributed by atoms with E-state index < -0.39 is 26.6 Å². The van der Waals surface area contributed by atoms with Crippen LogP contribution >= 0.6 is 28.3 Å². The molecule has 1 fully saturated rings. The van der Waals surface area contributed by atoms with E-state index in [2.05, 4.69) is 21.2 Å².